The minimum Gasteiger partial charge on any atom is -0.492 e. The molecule has 0 bridgehead atoms. The molecular formula is C33H32FN9O2. The monoisotopic (exact) mass is 605 g/mol. The molecule has 0 atom stereocenters. The second-order valence-electron chi connectivity index (χ2n) is 11.2. The van der Waals surface area contributed by atoms with Gasteiger partial charge in [-0.2, -0.15) is 5.10 Å². The number of fused-ring (bicyclic) bond motifs is 2. The number of pyridine rings is 3. The minimum atomic E-state index is -0.404. The van der Waals surface area contributed by atoms with E-state index in [1.165, 1.54) is 25.0 Å². The number of halogens is 1. The highest BCUT2D eigenvalue weighted by Gasteiger charge is 2.18. The van der Waals surface area contributed by atoms with Crippen molar-refractivity contribution in [3.05, 3.63) is 67.0 Å². The van der Waals surface area contributed by atoms with Crippen molar-refractivity contribution < 1.29 is 13.9 Å². The third-order valence-electron chi connectivity index (χ3n) is 7.89. The molecular weight excluding hydrogens is 573 g/mol. The number of imidazole rings is 1. The summed E-state index contributed by atoms with van der Waals surface area (Å²) in [5, 5.41) is 11.1. The van der Waals surface area contributed by atoms with E-state index in [0.717, 1.165) is 48.1 Å². The molecule has 12 heteroatoms. The van der Waals surface area contributed by atoms with Gasteiger partial charge in [0.2, 0.25) is 5.91 Å². The second-order valence-corrected chi connectivity index (χ2v) is 11.2. The smallest absolute Gasteiger partial charge is 0.224 e. The minimum absolute atomic E-state index is 0.0552. The standard InChI is InChI=1S/C33H32FN9O2/c1-2-5-28(44)38-24-13-21(17-35-19-24)22-15-26-30(41-42-32(26)37-18-22)33-39-27-6-7-36-29(31(27)40-33)20-12-23(34)16-25(14-20)45-11-10-43-8-3-4-9-43/h6-7,12-19H,2-5,8-11H2,1H3,(H,38,44)(H,39,40)(H,37,41,42). The van der Waals surface area contributed by atoms with Crippen molar-refractivity contribution in [2.45, 2.75) is 32.6 Å². The normalized spacial score (nSPS) is 13.6. The summed E-state index contributed by atoms with van der Waals surface area (Å²) in [5.74, 6) is 0.514. The molecule has 5 aromatic heterocycles. The highest BCUT2D eigenvalue weighted by molar-refractivity contribution is 5.96. The van der Waals surface area contributed by atoms with Gasteiger partial charge < -0.3 is 15.0 Å². The van der Waals surface area contributed by atoms with Crippen LogP contribution in [0.15, 0.2) is 61.2 Å². The Labute approximate surface area is 258 Å². The van der Waals surface area contributed by atoms with Gasteiger partial charge in [-0.3, -0.25) is 24.8 Å². The Kier molecular flexibility index (Phi) is 7.87. The van der Waals surface area contributed by atoms with Crippen LogP contribution in [0.5, 0.6) is 5.75 Å². The molecule has 6 aromatic rings. The number of carbonyl (C=O) groups excluding carboxylic acids is 1. The molecule has 0 aliphatic carbocycles. The molecule has 0 saturated carbocycles. The van der Waals surface area contributed by atoms with Gasteiger partial charge in [-0.05, 0) is 62.7 Å². The zero-order chi connectivity index (χ0) is 30.8. The van der Waals surface area contributed by atoms with E-state index < -0.39 is 5.82 Å². The van der Waals surface area contributed by atoms with Gasteiger partial charge in [0.05, 0.1) is 28.5 Å². The maximum absolute atomic E-state index is 14.8. The number of benzene rings is 1. The van der Waals surface area contributed by atoms with E-state index in [2.05, 4.69) is 40.3 Å². The van der Waals surface area contributed by atoms with E-state index in [0.29, 0.717) is 58.4 Å². The van der Waals surface area contributed by atoms with Gasteiger partial charge >= 0.3 is 0 Å². The number of nitrogens with zero attached hydrogens (tertiary/aromatic N) is 6. The number of likely N-dealkylation sites (tertiary alicyclic amines) is 1. The predicted octanol–water partition coefficient (Wildman–Crippen LogP) is 5.98. The summed E-state index contributed by atoms with van der Waals surface area (Å²) < 4.78 is 20.7. The summed E-state index contributed by atoms with van der Waals surface area (Å²) in [6.45, 7) is 5.42. The van der Waals surface area contributed by atoms with Crippen LogP contribution in [0.1, 0.15) is 32.6 Å². The van der Waals surface area contributed by atoms with E-state index in [1.54, 1.807) is 30.9 Å². The number of carbonyl (C=O) groups is 1. The first-order valence-electron chi connectivity index (χ1n) is 15.1. The molecule has 1 fully saturated rings. The predicted molar refractivity (Wildman–Crippen MR) is 170 cm³/mol. The van der Waals surface area contributed by atoms with Crippen molar-refractivity contribution >= 4 is 33.7 Å². The Morgan fingerprint density at radius 3 is 2.76 bits per heavy atom. The van der Waals surface area contributed by atoms with Crippen molar-refractivity contribution in [3.63, 3.8) is 0 Å². The number of ether oxygens (including phenoxy) is 1. The summed E-state index contributed by atoms with van der Waals surface area (Å²) in [7, 11) is 0. The fourth-order valence-corrected chi connectivity index (χ4v) is 5.70. The van der Waals surface area contributed by atoms with Crippen molar-refractivity contribution in [1.82, 2.24) is 40.0 Å². The molecule has 228 valence electrons. The first kappa shape index (κ1) is 28.5. The Morgan fingerprint density at radius 2 is 1.89 bits per heavy atom. The van der Waals surface area contributed by atoms with Crippen LogP contribution in [0.2, 0.25) is 0 Å². The molecule has 6 heterocycles. The quantitative estimate of drug-likeness (QED) is 0.174. The van der Waals surface area contributed by atoms with Crippen LogP contribution in [0, 0.1) is 5.82 Å². The number of H-pyrrole nitrogens is 2. The molecule has 1 saturated heterocycles. The molecule has 3 N–H and O–H groups in total. The maximum Gasteiger partial charge on any atom is 0.224 e. The number of nitrogens with one attached hydrogen (secondary N) is 3. The summed E-state index contributed by atoms with van der Waals surface area (Å²) in [6.07, 6.45) is 10.4. The Bertz CT molecular complexity index is 2000. The summed E-state index contributed by atoms with van der Waals surface area (Å²) >= 11 is 0. The zero-order valence-electron chi connectivity index (χ0n) is 24.8. The number of aromatic nitrogens is 7. The fraction of sp³-hybridized carbons (Fsp3) is 0.273. The van der Waals surface area contributed by atoms with Crippen LogP contribution in [0.4, 0.5) is 10.1 Å². The van der Waals surface area contributed by atoms with Gasteiger partial charge in [0, 0.05) is 54.3 Å². The van der Waals surface area contributed by atoms with Crippen LogP contribution < -0.4 is 10.1 Å². The van der Waals surface area contributed by atoms with Gasteiger partial charge in [0.25, 0.3) is 0 Å². The molecule has 0 radical (unpaired) electrons. The van der Waals surface area contributed by atoms with Crippen LogP contribution in [-0.2, 0) is 4.79 Å². The Morgan fingerprint density at radius 1 is 1.02 bits per heavy atom. The SMILES string of the molecule is CCCC(=O)Nc1cncc(-c2cnc3[nH]nc(-c4nc5c(-c6cc(F)cc(OCCN7CCCC7)c6)nccc5[nH]4)c3c2)c1. The number of anilines is 1. The van der Waals surface area contributed by atoms with Crippen LogP contribution in [-0.4, -0.2) is 72.2 Å². The number of hydrogen-bond donors (Lipinski definition) is 3. The van der Waals surface area contributed by atoms with Crippen molar-refractivity contribution in [2.24, 2.45) is 0 Å². The lowest BCUT2D eigenvalue weighted by Gasteiger charge is -2.15. The summed E-state index contributed by atoms with van der Waals surface area (Å²) in [6, 6.07) is 10.3. The first-order valence-corrected chi connectivity index (χ1v) is 15.1. The largest absolute Gasteiger partial charge is 0.492 e. The molecule has 1 aliphatic heterocycles. The lowest BCUT2D eigenvalue weighted by molar-refractivity contribution is -0.116. The number of amides is 1. The van der Waals surface area contributed by atoms with E-state index in [4.69, 9.17) is 9.72 Å². The summed E-state index contributed by atoms with van der Waals surface area (Å²) in [5.41, 5.74) is 5.81. The molecule has 1 aromatic carbocycles. The van der Waals surface area contributed by atoms with Gasteiger partial charge in [-0.25, -0.2) is 14.4 Å². The van der Waals surface area contributed by atoms with Gasteiger partial charge in [-0.15, -0.1) is 0 Å². The fourth-order valence-electron chi connectivity index (χ4n) is 5.70. The first-order chi connectivity index (χ1) is 22.0. The van der Waals surface area contributed by atoms with Crippen molar-refractivity contribution in [3.8, 4) is 39.7 Å². The van der Waals surface area contributed by atoms with Crippen LogP contribution in [0.25, 0.3) is 56.0 Å². The Balaban J connectivity index is 1.19. The van der Waals surface area contributed by atoms with Gasteiger partial charge in [0.1, 0.15) is 29.4 Å². The third-order valence-corrected chi connectivity index (χ3v) is 7.89. The van der Waals surface area contributed by atoms with E-state index in [-0.39, 0.29) is 5.91 Å². The molecule has 1 aliphatic rings. The topological polar surface area (TPSA) is 138 Å². The molecule has 1 amide bonds. The average Bonchev–Trinajstić information content (AvgIpc) is 3.80. The molecule has 45 heavy (non-hydrogen) atoms. The van der Waals surface area contributed by atoms with Gasteiger partial charge in [-0.1, -0.05) is 6.92 Å². The lowest BCUT2D eigenvalue weighted by atomic mass is 10.1. The third kappa shape index (κ3) is 6.09. The van der Waals surface area contributed by atoms with Crippen LogP contribution in [0.3, 0.4) is 0 Å². The van der Waals surface area contributed by atoms with Gasteiger partial charge in [0.15, 0.2) is 11.5 Å². The zero-order valence-corrected chi connectivity index (χ0v) is 24.8. The number of rotatable bonds is 10. The number of aromatic amines is 2. The molecule has 11 nitrogen and oxygen atoms in total. The molecule has 0 unspecified atom stereocenters. The highest BCUT2D eigenvalue weighted by atomic mass is 19.1. The summed E-state index contributed by atoms with van der Waals surface area (Å²) in [4.78, 5) is 36.1. The van der Waals surface area contributed by atoms with E-state index in [1.807, 2.05) is 25.1 Å². The van der Waals surface area contributed by atoms with E-state index in [9.17, 15) is 9.18 Å². The molecule has 7 rings (SSSR count). The average molecular weight is 606 g/mol. The lowest BCUT2D eigenvalue weighted by Crippen LogP contribution is -2.25. The number of hydrogen-bond acceptors (Lipinski definition) is 8. The molecule has 0 spiro atoms. The van der Waals surface area contributed by atoms with Crippen LogP contribution >= 0.6 is 0 Å². The van der Waals surface area contributed by atoms with Crippen molar-refractivity contribution in [2.75, 3.05) is 31.6 Å². The Hall–Kier alpha value is -5.23. The maximum atomic E-state index is 14.8. The highest BCUT2D eigenvalue weighted by Crippen LogP contribution is 2.33. The van der Waals surface area contributed by atoms with E-state index >= 15 is 0 Å². The second kappa shape index (κ2) is 12.4. The van der Waals surface area contributed by atoms with Crippen molar-refractivity contribution in [1.29, 1.82) is 0 Å².